The Morgan fingerprint density at radius 1 is 1.11 bits per heavy atom. The van der Waals surface area contributed by atoms with Gasteiger partial charge in [-0.3, -0.25) is 5.41 Å². The minimum absolute atomic E-state index is 0.0235. The first-order chi connectivity index (χ1) is 12.8. The zero-order valence-electron chi connectivity index (χ0n) is 15.1. The number of carboxylic acids is 1. The number of nitrogens with zero attached hydrogens (tertiary/aromatic N) is 1. The maximum atomic E-state index is 10.9. The van der Waals surface area contributed by atoms with Crippen LogP contribution in [-0.2, 0) is 0 Å². The third-order valence-corrected chi connectivity index (χ3v) is 3.86. The van der Waals surface area contributed by atoms with Crippen LogP contribution in [0.1, 0.15) is 41.3 Å². The summed E-state index contributed by atoms with van der Waals surface area (Å²) >= 11 is 0. The van der Waals surface area contributed by atoms with Crippen molar-refractivity contribution in [3.05, 3.63) is 53.1 Å². The van der Waals surface area contributed by atoms with Crippen LogP contribution in [0.25, 0.3) is 0 Å². The molecule has 0 heterocycles. The Morgan fingerprint density at radius 2 is 1.67 bits per heavy atom. The predicted molar refractivity (Wildman–Crippen MR) is 103 cm³/mol. The van der Waals surface area contributed by atoms with E-state index in [1.807, 2.05) is 13.8 Å². The van der Waals surface area contributed by atoms with Crippen molar-refractivity contribution < 1.29 is 25.2 Å². The highest BCUT2D eigenvalue weighted by Gasteiger charge is 2.20. The SMILES string of the molecule is C=N.CC(C)c1cc(C(=N)N(CO)c2ccc(C(=O)O)cc2)c(O)cc1O. The molecule has 2 aromatic rings. The van der Waals surface area contributed by atoms with Gasteiger partial charge in [0, 0.05) is 11.8 Å². The Labute approximate surface area is 157 Å². The van der Waals surface area contributed by atoms with E-state index in [4.69, 9.17) is 15.9 Å². The second-order valence-electron chi connectivity index (χ2n) is 5.85. The Balaban J connectivity index is 0.00000176. The van der Waals surface area contributed by atoms with E-state index in [1.165, 1.54) is 41.3 Å². The molecule has 0 fully saturated rings. The van der Waals surface area contributed by atoms with Gasteiger partial charge in [0.05, 0.1) is 11.1 Å². The molecular weight excluding hydrogens is 350 g/mol. The van der Waals surface area contributed by atoms with Gasteiger partial charge in [-0.05, 0) is 48.5 Å². The van der Waals surface area contributed by atoms with Gasteiger partial charge in [0.2, 0.25) is 0 Å². The average molecular weight is 373 g/mol. The first-order valence-electron chi connectivity index (χ1n) is 7.98. The van der Waals surface area contributed by atoms with Crippen molar-refractivity contribution in [1.29, 1.82) is 10.8 Å². The number of benzene rings is 2. The molecule has 0 unspecified atom stereocenters. The van der Waals surface area contributed by atoms with Crippen LogP contribution < -0.4 is 4.90 Å². The lowest BCUT2D eigenvalue weighted by Gasteiger charge is -2.24. The zero-order chi connectivity index (χ0) is 20.7. The van der Waals surface area contributed by atoms with Crippen LogP contribution in [0.4, 0.5) is 5.69 Å². The van der Waals surface area contributed by atoms with Gasteiger partial charge in [-0.2, -0.15) is 0 Å². The van der Waals surface area contributed by atoms with Crippen molar-refractivity contribution >= 4 is 24.2 Å². The Bertz CT molecular complexity index is 819. The molecule has 0 amide bonds. The molecule has 8 nitrogen and oxygen atoms in total. The topological polar surface area (TPSA) is 149 Å². The summed E-state index contributed by atoms with van der Waals surface area (Å²) in [5.74, 6) is -1.62. The van der Waals surface area contributed by atoms with Crippen LogP contribution in [0.2, 0.25) is 0 Å². The molecule has 27 heavy (non-hydrogen) atoms. The van der Waals surface area contributed by atoms with Crippen molar-refractivity contribution in [2.24, 2.45) is 0 Å². The van der Waals surface area contributed by atoms with E-state index in [2.05, 4.69) is 6.72 Å². The van der Waals surface area contributed by atoms with Crippen molar-refractivity contribution in [2.45, 2.75) is 19.8 Å². The molecule has 0 saturated heterocycles. The summed E-state index contributed by atoms with van der Waals surface area (Å²) < 4.78 is 0. The predicted octanol–water partition coefficient (Wildman–Crippen LogP) is 2.97. The largest absolute Gasteiger partial charge is 0.508 e. The second-order valence-corrected chi connectivity index (χ2v) is 5.85. The van der Waals surface area contributed by atoms with Gasteiger partial charge < -0.3 is 30.7 Å². The van der Waals surface area contributed by atoms with Gasteiger partial charge in [0.25, 0.3) is 0 Å². The lowest BCUT2D eigenvalue weighted by atomic mass is 9.98. The number of nitrogens with one attached hydrogen (secondary N) is 2. The maximum absolute atomic E-state index is 10.9. The molecule has 8 heteroatoms. The van der Waals surface area contributed by atoms with E-state index in [-0.39, 0.29) is 34.4 Å². The summed E-state index contributed by atoms with van der Waals surface area (Å²) in [5.41, 5.74) is 1.20. The molecule has 144 valence electrons. The number of aliphatic hydroxyl groups is 1. The number of hydrogen-bond acceptors (Lipinski definition) is 6. The van der Waals surface area contributed by atoms with Crippen molar-refractivity contribution in [2.75, 3.05) is 11.6 Å². The standard InChI is InChI=1S/C18H20N2O5.CH3N/c1-10(2)13-7-14(16(23)8-15(13)22)17(19)20(9-21)12-5-3-11(4-6-12)18(24)25;1-2/h3-8,10,19,21-23H,9H2,1-2H3,(H,24,25);2H,1H2. The van der Waals surface area contributed by atoms with Gasteiger partial charge >= 0.3 is 5.97 Å². The second kappa shape index (κ2) is 9.35. The van der Waals surface area contributed by atoms with E-state index >= 15 is 0 Å². The highest BCUT2D eigenvalue weighted by Crippen LogP contribution is 2.33. The van der Waals surface area contributed by atoms with E-state index in [9.17, 15) is 20.1 Å². The number of rotatable bonds is 5. The molecule has 0 aromatic heterocycles. The number of phenols is 2. The quantitative estimate of drug-likeness (QED) is 0.269. The van der Waals surface area contributed by atoms with Gasteiger partial charge in [0.1, 0.15) is 24.1 Å². The van der Waals surface area contributed by atoms with Gasteiger partial charge in [-0.1, -0.05) is 13.8 Å². The van der Waals surface area contributed by atoms with E-state index in [0.29, 0.717) is 11.3 Å². The Hall–Kier alpha value is -3.39. The fourth-order valence-electron chi connectivity index (χ4n) is 2.46. The van der Waals surface area contributed by atoms with E-state index in [1.54, 1.807) is 0 Å². The monoisotopic (exact) mass is 373 g/mol. The highest BCUT2D eigenvalue weighted by atomic mass is 16.4. The molecule has 6 N–H and O–H groups in total. The molecular formula is C19H23N3O5. The van der Waals surface area contributed by atoms with E-state index < -0.39 is 12.7 Å². The normalized spacial score (nSPS) is 10.1. The highest BCUT2D eigenvalue weighted by molar-refractivity contribution is 6.09. The van der Waals surface area contributed by atoms with Crippen LogP contribution in [0.15, 0.2) is 36.4 Å². The number of aromatic carboxylic acids is 1. The van der Waals surface area contributed by atoms with Crippen molar-refractivity contribution in [3.63, 3.8) is 0 Å². The number of hydrogen-bond donors (Lipinski definition) is 6. The lowest BCUT2D eigenvalue weighted by Crippen LogP contribution is -2.32. The Kier molecular flexibility index (Phi) is 7.50. The molecule has 0 radical (unpaired) electrons. The van der Waals surface area contributed by atoms with E-state index in [0.717, 1.165) is 0 Å². The fraction of sp³-hybridized carbons (Fsp3) is 0.211. The van der Waals surface area contributed by atoms with Crippen LogP contribution in [0.3, 0.4) is 0 Å². The number of carbonyl (C=O) groups is 1. The summed E-state index contributed by atoms with van der Waals surface area (Å²) in [6.45, 7) is 5.70. The smallest absolute Gasteiger partial charge is 0.335 e. The number of anilines is 1. The third-order valence-electron chi connectivity index (χ3n) is 3.86. The first kappa shape index (κ1) is 21.7. The number of aromatic hydroxyl groups is 2. The molecule has 0 atom stereocenters. The summed E-state index contributed by atoms with van der Waals surface area (Å²) in [7, 11) is 0. The van der Waals surface area contributed by atoms with Gasteiger partial charge in [0.15, 0.2) is 0 Å². The number of phenolic OH excluding ortho intramolecular Hbond substituents is 2. The molecule has 0 aliphatic heterocycles. The molecule has 0 spiro atoms. The third kappa shape index (κ3) is 4.83. The molecule has 2 aromatic carbocycles. The Morgan fingerprint density at radius 3 is 2.11 bits per heavy atom. The number of aliphatic hydroxyl groups excluding tert-OH is 1. The fourth-order valence-corrected chi connectivity index (χ4v) is 2.46. The summed E-state index contributed by atoms with van der Waals surface area (Å²) in [5, 5.41) is 52.4. The lowest BCUT2D eigenvalue weighted by molar-refractivity contribution is 0.0697. The minimum atomic E-state index is -1.07. The van der Waals surface area contributed by atoms with Crippen LogP contribution >= 0.6 is 0 Å². The van der Waals surface area contributed by atoms with Gasteiger partial charge in [-0.25, -0.2) is 4.79 Å². The minimum Gasteiger partial charge on any atom is -0.508 e. The first-order valence-corrected chi connectivity index (χ1v) is 7.98. The van der Waals surface area contributed by atoms with Gasteiger partial charge in [-0.15, -0.1) is 0 Å². The molecule has 0 bridgehead atoms. The number of amidine groups is 1. The molecule has 0 aliphatic carbocycles. The van der Waals surface area contributed by atoms with Crippen LogP contribution in [0, 0.1) is 10.8 Å². The number of carboxylic acid groups (broad SMARTS) is 1. The van der Waals surface area contributed by atoms with Crippen LogP contribution in [-0.4, -0.2) is 45.7 Å². The van der Waals surface area contributed by atoms with Crippen molar-refractivity contribution in [3.8, 4) is 11.5 Å². The molecule has 0 saturated carbocycles. The summed E-state index contributed by atoms with van der Waals surface area (Å²) in [4.78, 5) is 12.1. The summed E-state index contributed by atoms with van der Waals surface area (Å²) in [6.07, 6.45) is 0. The zero-order valence-corrected chi connectivity index (χ0v) is 15.1. The summed E-state index contributed by atoms with van der Waals surface area (Å²) in [6, 6.07) is 8.34. The maximum Gasteiger partial charge on any atom is 0.335 e. The average Bonchev–Trinajstić information content (AvgIpc) is 2.64. The van der Waals surface area contributed by atoms with Crippen LogP contribution in [0.5, 0.6) is 11.5 Å². The van der Waals surface area contributed by atoms with Crippen molar-refractivity contribution in [1.82, 2.24) is 0 Å². The molecule has 0 aliphatic rings. The molecule has 2 rings (SSSR count).